The number of halogens is 2. The lowest BCUT2D eigenvalue weighted by Gasteiger charge is -2.20. The van der Waals surface area contributed by atoms with Gasteiger partial charge >= 0.3 is 0 Å². The van der Waals surface area contributed by atoms with Gasteiger partial charge in [0.2, 0.25) is 0 Å². The highest BCUT2D eigenvalue weighted by Gasteiger charge is 2.12. The zero-order valence-corrected chi connectivity index (χ0v) is 13.3. The Morgan fingerprint density at radius 1 is 1.13 bits per heavy atom. The van der Waals surface area contributed by atoms with E-state index in [0.29, 0.717) is 34.9 Å². The van der Waals surface area contributed by atoms with E-state index in [0.717, 1.165) is 5.75 Å². The highest BCUT2D eigenvalue weighted by atomic mass is 35.5. The molecule has 0 saturated heterocycles. The van der Waals surface area contributed by atoms with E-state index in [9.17, 15) is 4.39 Å². The van der Waals surface area contributed by atoms with Crippen LogP contribution in [0, 0.1) is 5.82 Å². The quantitative estimate of drug-likeness (QED) is 0.710. The van der Waals surface area contributed by atoms with Crippen molar-refractivity contribution >= 4 is 28.3 Å². The molecule has 0 N–H and O–H groups in total. The van der Waals surface area contributed by atoms with E-state index in [-0.39, 0.29) is 5.82 Å². The Labute approximate surface area is 138 Å². The zero-order valence-electron chi connectivity index (χ0n) is 12.5. The van der Waals surface area contributed by atoms with Crippen LogP contribution in [0.5, 0.6) is 5.75 Å². The fourth-order valence-corrected chi connectivity index (χ4v) is 2.40. The molecular weight excluding hydrogens is 317 g/mol. The van der Waals surface area contributed by atoms with Crippen molar-refractivity contribution in [3.63, 3.8) is 0 Å². The largest absolute Gasteiger partial charge is 0.492 e. The first-order valence-electron chi connectivity index (χ1n) is 7.14. The van der Waals surface area contributed by atoms with Crippen LogP contribution in [-0.2, 0) is 0 Å². The van der Waals surface area contributed by atoms with Crippen molar-refractivity contribution in [3.8, 4) is 5.75 Å². The Balaban J connectivity index is 1.71. The highest BCUT2D eigenvalue weighted by molar-refractivity contribution is 6.30. The molecule has 0 radical (unpaired) electrons. The Morgan fingerprint density at radius 3 is 2.70 bits per heavy atom. The lowest BCUT2D eigenvalue weighted by atomic mass is 10.2. The van der Waals surface area contributed by atoms with Gasteiger partial charge in [-0.1, -0.05) is 17.7 Å². The molecule has 6 heteroatoms. The van der Waals surface area contributed by atoms with E-state index >= 15 is 0 Å². The van der Waals surface area contributed by atoms with Crippen molar-refractivity contribution in [1.82, 2.24) is 9.97 Å². The van der Waals surface area contributed by atoms with Crippen LogP contribution in [0.25, 0.3) is 10.9 Å². The van der Waals surface area contributed by atoms with Gasteiger partial charge in [-0.3, -0.25) is 0 Å². The van der Waals surface area contributed by atoms with Crippen molar-refractivity contribution < 1.29 is 9.13 Å². The van der Waals surface area contributed by atoms with Gasteiger partial charge < -0.3 is 9.64 Å². The molecule has 0 saturated carbocycles. The second-order valence-corrected chi connectivity index (χ2v) is 5.49. The van der Waals surface area contributed by atoms with Crippen LogP contribution in [0.2, 0.25) is 5.02 Å². The van der Waals surface area contributed by atoms with E-state index in [1.54, 1.807) is 24.3 Å². The highest BCUT2D eigenvalue weighted by Crippen LogP contribution is 2.24. The predicted octanol–water partition coefficient (Wildman–Crippen LogP) is 3.94. The maximum absolute atomic E-state index is 14.1. The van der Waals surface area contributed by atoms with Gasteiger partial charge in [0.25, 0.3) is 0 Å². The average molecular weight is 332 g/mol. The first-order chi connectivity index (χ1) is 11.1. The Hall–Kier alpha value is -2.40. The predicted molar refractivity (Wildman–Crippen MR) is 89.7 cm³/mol. The van der Waals surface area contributed by atoms with E-state index in [1.807, 2.05) is 24.1 Å². The summed E-state index contributed by atoms with van der Waals surface area (Å²) in [5.74, 6) is 0.956. The maximum Gasteiger partial charge on any atom is 0.142 e. The molecule has 23 heavy (non-hydrogen) atoms. The van der Waals surface area contributed by atoms with Gasteiger partial charge in [-0.15, -0.1) is 0 Å². The molecule has 0 aliphatic carbocycles. The van der Waals surface area contributed by atoms with E-state index < -0.39 is 0 Å². The number of fused-ring (bicyclic) bond motifs is 1. The summed E-state index contributed by atoms with van der Waals surface area (Å²) in [5.41, 5.74) is 0.584. The van der Waals surface area contributed by atoms with Crippen molar-refractivity contribution in [3.05, 3.63) is 59.6 Å². The summed E-state index contributed by atoms with van der Waals surface area (Å²) in [6, 6.07) is 12.0. The van der Waals surface area contributed by atoms with E-state index in [1.165, 1.54) is 12.4 Å². The van der Waals surface area contributed by atoms with Crippen LogP contribution >= 0.6 is 11.6 Å². The fourth-order valence-electron chi connectivity index (χ4n) is 2.28. The van der Waals surface area contributed by atoms with Gasteiger partial charge in [0.05, 0.1) is 17.4 Å². The van der Waals surface area contributed by atoms with Crippen molar-refractivity contribution in [2.45, 2.75) is 0 Å². The third kappa shape index (κ3) is 3.51. The van der Waals surface area contributed by atoms with Crippen LogP contribution in [0.4, 0.5) is 10.2 Å². The van der Waals surface area contributed by atoms with Crippen LogP contribution < -0.4 is 9.64 Å². The van der Waals surface area contributed by atoms with E-state index in [2.05, 4.69) is 9.97 Å². The van der Waals surface area contributed by atoms with Gasteiger partial charge in [-0.2, -0.15) is 0 Å². The molecule has 0 amide bonds. The first-order valence-corrected chi connectivity index (χ1v) is 7.51. The maximum atomic E-state index is 14.1. The number of benzene rings is 2. The smallest absolute Gasteiger partial charge is 0.142 e. The Bertz CT molecular complexity index is 805. The summed E-state index contributed by atoms with van der Waals surface area (Å²) in [4.78, 5) is 10.2. The van der Waals surface area contributed by atoms with Gasteiger partial charge in [-0.25, -0.2) is 14.4 Å². The topological polar surface area (TPSA) is 38.2 Å². The molecule has 3 rings (SSSR count). The number of likely N-dealkylation sites (N-methyl/N-ethyl adjacent to an activating group) is 1. The third-order valence-electron chi connectivity index (χ3n) is 3.46. The minimum absolute atomic E-state index is 0.330. The lowest BCUT2D eigenvalue weighted by Crippen LogP contribution is -2.25. The second-order valence-electron chi connectivity index (χ2n) is 5.06. The summed E-state index contributed by atoms with van der Waals surface area (Å²) in [7, 11) is 1.85. The molecule has 0 aliphatic heterocycles. The molecule has 0 atom stereocenters. The number of ether oxygens (including phenoxy) is 1. The molecule has 4 nitrogen and oxygen atoms in total. The monoisotopic (exact) mass is 331 g/mol. The van der Waals surface area contributed by atoms with Gasteiger partial charge in [-0.05, 0) is 36.4 Å². The minimum Gasteiger partial charge on any atom is -0.492 e. The zero-order chi connectivity index (χ0) is 16.2. The van der Waals surface area contributed by atoms with Gasteiger partial charge in [0.15, 0.2) is 0 Å². The summed E-state index contributed by atoms with van der Waals surface area (Å²) in [5, 5.41) is 1.08. The molecule has 0 unspecified atom stereocenters. The number of nitrogens with zero attached hydrogens (tertiary/aromatic N) is 3. The van der Waals surface area contributed by atoms with Gasteiger partial charge in [0, 0.05) is 12.1 Å². The molecule has 1 aromatic heterocycles. The number of hydrogen-bond acceptors (Lipinski definition) is 4. The average Bonchev–Trinajstić information content (AvgIpc) is 2.56. The Morgan fingerprint density at radius 2 is 1.91 bits per heavy atom. The standard InChI is InChI=1S/C17H15ClFN3O/c1-22(9-10-23-13-7-5-12(18)6-8-13)17-16-14(19)3-2-4-15(16)20-11-21-17/h2-8,11H,9-10H2,1H3. The lowest BCUT2D eigenvalue weighted by molar-refractivity contribution is 0.326. The number of anilines is 1. The number of rotatable bonds is 5. The fraction of sp³-hybridized carbons (Fsp3) is 0.176. The second kappa shape index (κ2) is 6.79. The van der Waals surface area contributed by atoms with Crippen LogP contribution in [0.1, 0.15) is 0 Å². The third-order valence-corrected chi connectivity index (χ3v) is 3.71. The van der Waals surface area contributed by atoms with Gasteiger partial charge in [0.1, 0.15) is 30.3 Å². The Kier molecular flexibility index (Phi) is 4.57. The number of hydrogen-bond donors (Lipinski definition) is 0. The van der Waals surface area contributed by atoms with Crippen molar-refractivity contribution in [2.75, 3.05) is 25.1 Å². The molecule has 0 spiro atoms. The van der Waals surface area contributed by atoms with Crippen molar-refractivity contribution in [1.29, 1.82) is 0 Å². The van der Waals surface area contributed by atoms with Crippen LogP contribution in [-0.4, -0.2) is 30.2 Å². The SMILES string of the molecule is CN(CCOc1ccc(Cl)cc1)c1ncnc2cccc(F)c12. The minimum atomic E-state index is -0.330. The molecule has 0 bridgehead atoms. The molecule has 0 aliphatic rings. The number of aromatic nitrogens is 2. The van der Waals surface area contributed by atoms with E-state index in [4.69, 9.17) is 16.3 Å². The summed E-state index contributed by atoms with van der Waals surface area (Å²) >= 11 is 5.83. The molecule has 1 heterocycles. The first kappa shape index (κ1) is 15.5. The normalized spacial score (nSPS) is 10.7. The molecule has 3 aromatic rings. The molecule has 2 aromatic carbocycles. The summed E-state index contributed by atoms with van der Waals surface area (Å²) in [6.45, 7) is 1.00. The van der Waals surface area contributed by atoms with Crippen molar-refractivity contribution in [2.24, 2.45) is 0 Å². The summed E-state index contributed by atoms with van der Waals surface area (Å²) < 4.78 is 19.7. The van der Waals surface area contributed by atoms with Crippen LogP contribution in [0.3, 0.4) is 0 Å². The molecule has 0 fully saturated rings. The molecule has 118 valence electrons. The summed E-state index contributed by atoms with van der Waals surface area (Å²) in [6.07, 6.45) is 1.44. The molecular formula is C17H15ClFN3O. The van der Waals surface area contributed by atoms with Crippen LogP contribution in [0.15, 0.2) is 48.8 Å².